The van der Waals surface area contributed by atoms with Crippen molar-refractivity contribution in [2.24, 2.45) is 0 Å². The maximum absolute atomic E-state index is 11.4. The van der Waals surface area contributed by atoms with Gasteiger partial charge < -0.3 is 14.8 Å². The van der Waals surface area contributed by atoms with Crippen LogP contribution >= 0.6 is 0 Å². The van der Waals surface area contributed by atoms with E-state index in [1.165, 1.54) is 6.20 Å². The standard InChI is InChI=1S/C16H20N2O3/c1-4-20-16(19)14(9-17)11-18-10-13-5-7-15(8-6-13)21-12(2)3/h5-8,11-12,18H,4,10H2,1-3H3/b14-11+. The van der Waals surface area contributed by atoms with E-state index in [-0.39, 0.29) is 18.3 Å². The Balaban J connectivity index is 2.55. The fourth-order valence-corrected chi connectivity index (χ4v) is 1.57. The van der Waals surface area contributed by atoms with Crippen LogP contribution in [-0.4, -0.2) is 18.7 Å². The fourth-order valence-electron chi connectivity index (χ4n) is 1.57. The molecule has 0 saturated heterocycles. The van der Waals surface area contributed by atoms with Crippen molar-refractivity contribution in [3.05, 3.63) is 41.6 Å². The third kappa shape index (κ3) is 6.00. The van der Waals surface area contributed by atoms with E-state index in [0.29, 0.717) is 6.54 Å². The molecule has 0 amide bonds. The average Bonchev–Trinajstić information content (AvgIpc) is 2.45. The van der Waals surface area contributed by atoms with Crippen LogP contribution in [0.4, 0.5) is 0 Å². The number of rotatable bonds is 7. The molecule has 21 heavy (non-hydrogen) atoms. The molecule has 0 bridgehead atoms. The summed E-state index contributed by atoms with van der Waals surface area (Å²) in [7, 11) is 0. The SMILES string of the molecule is CCOC(=O)/C(C#N)=C/NCc1ccc(OC(C)C)cc1. The van der Waals surface area contributed by atoms with Crippen molar-refractivity contribution in [2.45, 2.75) is 33.4 Å². The van der Waals surface area contributed by atoms with Gasteiger partial charge in [-0.2, -0.15) is 5.26 Å². The number of carbonyl (C=O) groups excluding carboxylic acids is 1. The van der Waals surface area contributed by atoms with Gasteiger partial charge >= 0.3 is 5.97 Å². The first-order valence-electron chi connectivity index (χ1n) is 6.83. The summed E-state index contributed by atoms with van der Waals surface area (Å²) in [6, 6.07) is 9.43. The lowest BCUT2D eigenvalue weighted by molar-refractivity contribution is -0.138. The maximum atomic E-state index is 11.4. The van der Waals surface area contributed by atoms with Crippen molar-refractivity contribution in [3.63, 3.8) is 0 Å². The summed E-state index contributed by atoms with van der Waals surface area (Å²) >= 11 is 0. The number of nitrogens with zero attached hydrogens (tertiary/aromatic N) is 1. The molecule has 0 radical (unpaired) electrons. The molecule has 0 aliphatic rings. The summed E-state index contributed by atoms with van der Waals surface area (Å²) in [4.78, 5) is 11.4. The Kier molecular flexibility index (Phi) is 6.82. The summed E-state index contributed by atoms with van der Waals surface area (Å²) in [5.41, 5.74) is 0.972. The second-order valence-corrected chi connectivity index (χ2v) is 4.58. The molecule has 1 N–H and O–H groups in total. The zero-order valence-corrected chi connectivity index (χ0v) is 12.6. The van der Waals surface area contributed by atoms with Crippen molar-refractivity contribution in [1.82, 2.24) is 5.32 Å². The summed E-state index contributed by atoms with van der Waals surface area (Å²) in [6.07, 6.45) is 1.51. The van der Waals surface area contributed by atoms with Crippen LogP contribution < -0.4 is 10.1 Å². The van der Waals surface area contributed by atoms with E-state index in [9.17, 15) is 4.79 Å². The molecule has 112 valence electrons. The molecule has 0 saturated carbocycles. The Hall–Kier alpha value is -2.48. The number of carbonyl (C=O) groups is 1. The van der Waals surface area contributed by atoms with Gasteiger partial charge in [0.1, 0.15) is 11.8 Å². The van der Waals surface area contributed by atoms with E-state index in [1.54, 1.807) is 6.92 Å². The lowest BCUT2D eigenvalue weighted by Crippen LogP contribution is -2.12. The lowest BCUT2D eigenvalue weighted by atomic mass is 10.2. The van der Waals surface area contributed by atoms with Gasteiger partial charge in [0.05, 0.1) is 12.7 Å². The first-order chi connectivity index (χ1) is 10.1. The Morgan fingerprint density at radius 3 is 2.57 bits per heavy atom. The molecule has 0 aliphatic carbocycles. The molecular weight excluding hydrogens is 268 g/mol. The Bertz CT molecular complexity index is 527. The Labute approximate surface area is 125 Å². The van der Waals surface area contributed by atoms with Crippen LogP contribution in [0.25, 0.3) is 0 Å². The van der Waals surface area contributed by atoms with E-state index in [0.717, 1.165) is 11.3 Å². The number of benzene rings is 1. The van der Waals surface area contributed by atoms with E-state index < -0.39 is 5.97 Å². The van der Waals surface area contributed by atoms with Crippen LogP contribution in [0.15, 0.2) is 36.0 Å². The minimum Gasteiger partial charge on any atom is -0.491 e. The normalized spacial score (nSPS) is 10.9. The third-order valence-electron chi connectivity index (χ3n) is 2.46. The highest BCUT2D eigenvalue weighted by Crippen LogP contribution is 2.13. The average molecular weight is 288 g/mol. The van der Waals surface area contributed by atoms with Gasteiger partial charge in [-0.1, -0.05) is 12.1 Å². The highest BCUT2D eigenvalue weighted by atomic mass is 16.5. The van der Waals surface area contributed by atoms with Crippen molar-refractivity contribution in [2.75, 3.05) is 6.61 Å². The number of nitrogens with one attached hydrogen (secondary N) is 1. The van der Waals surface area contributed by atoms with Crippen LogP contribution in [0, 0.1) is 11.3 Å². The largest absolute Gasteiger partial charge is 0.491 e. The number of nitriles is 1. The quantitative estimate of drug-likeness (QED) is 0.474. The van der Waals surface area contributed by atoms with E-state index in [1.807, 2.05) is 44.2 Å². The number of hydrogen-bond acceptors (Lipinski definition) is 5. The summed E-state index contributed by atoms with van der Waals surface area (Å²) in [5.74, 6) is 0.196. The van der Waals surface area contributed by atoms with Gasteiger partial charge in [0.2, 0.25) is 0 Å². The Morgan fingerprint density at radius 2 is 2.05 bits per heavy atom. The molecule has 5 heteroatoms. The minimum absolute atomic E-state index is 0.0448. The predicted molar refractivity (Wildman–Crippen MR) is 79.4 cm³/mol. The molecule has 0 aromatic heterocycles. The second kappa shape index (κ2) is 8.64. The summed E-state index contributed by atoms with van der Waals surface area (Å²) < 4.78 is 10.3. The smallest absolute Gasteiger partial charge is 0.350 e. The van der Waals surface area contributed by atoms with E-state index in [4.69, 9.17) is 14.7 Å². The third-order valence-corrected chi connectivity index (χ3v) is 2.46. The van der Waals surface area contributed by atoms with Crippen LogP contribution in [-0.2, 0) is 16.1 Å². The molecule has 0 fully saturated rings. The van der Waals surface area contributed by atoms with E-state index in [2.05, 4.69) is 5.32 Å². The molecule has 0 unspecified atom stereocenters. The van der Waals surface area contributed by atoms with Gasteiger partial charge in [0.15, 0.2) is 5.57 Å². The van der Waals surface area contributed by atoms with Gasteiger partial charge in [0, 0.05) is 12.7 Å². The zero-order valence-electron chi connectivity index (χ0n) is 12.6. The van der Waals surface area contributed by atoms with Crippen molar-refractivity contribution in [1.29, 1.82) is 5.26 Å². The summed E-state index contributed by atoms with van der Waals surface area (Å²) in [6.45, 7) is 6.39. The molecule has 5 nitrogen and oxygen atoms in total. The lowest BCUT2D eigenvalue weighted by Gasteiger charge is -2.10. The molecular formula is C16H20N2O3. The molecule has 1 aromatic carbocycles. The first kappa shape index (κ1) is 16.6. The molecule has 0 spiro atoms. The molecule has 1 rings (SSSR count). The highest BCUT2D eigenvalue weighted by molar-refractivity contribution is 5.92. The van der Waals surface area contributed by atoms with Crippen molar-refractivity contribution < 1.29 is 14.3 Å². The summed E-state index contributed by atoms with van der Waals surface area (Å²) in [5, 5.41) is 11.8. The van der Waals surface area contributed by atoms with Gasteiger partial charge in [0.25, 0.3) is 0 Å². The van der Waals surface area contributed by atoms with Gasteiger partial charge in [-0.15, -0.1) is 0 Å². The van der Waals surface area contributed by atoms with Gasteiger partial charge in [-0.05, 0) is 38.5 Å². The van der Waals surface area contributed by atoms with Gasteiger partial charge in [-0.3, -0.25) is 0 Å². The molecule has 0 heterocycles. The topological polar surface area (TPSA) is 71.4 Å². The number of esters is 1. The minimum atomic E-state index is -0.617. The monoisotopic (exact) mass is 288 g/mol. The van der Waals surface area contributed by atoms with Gasteiger partial charge in [-0.25, -0.2) is 4.79 Å². The zero-order chi connectivity index (χ0) is 15.7. The predicted octanol–water partition coefficient (Wildman–Crippen LogP) is 2.53. The maximum Gasteiger partial charge on any atom is 0.350 e. The Morgan fingerprint density at radius 1 is 1.38 bits per heavy atom. The number of hydrogen-bond donors (Lipinski definition) is 1. The fraction of sp³-hybridized carbons (Fsp3) is 0.375. The van der Waals surface area contributed by atoms with E-state index >= 15 is 0 Å². The highest BCUT2D eigenvalue weighted by Gasteiger charge is 2.08. The molecule has 1 aromatic rings. The molecule has 0 aliphatic heterocycles. The van der Waals surface area contributed by atoms with Crippen LogP contribution in [0.5, 0.6) is 5.75 Å². The van der Waals surface area contributed by atoms with Crippen LogP contribution in [0.2, 0.25) is 0 Å². The number of ether oxygens (including phenoxy) is 2. The van der Waals surface area contributed by atoms with Crippen molar-refractivity contribution in [3.8, 4) is 11.8 Å². The van der Waals surface area contributed by atoms with Crippen LogP contribution in [0.3, 0.4) is 0 Å². The van der Waals surface area contributed by atoms with Crippen molar-refractivity contribution >= 4 is 5.97 Å². The van der Waals surface area contributed by atoms with Crippen LogP contribution in [0.1, 0.15) is 26.3 Å². The molecule has 0 atom stereocenters. The first-order valence-corrected chi connectivity index (χ1v) is 6.83. The second-order valence-electron chi connectivity index (χ2n) is 4.58.